The largest absolute Gasteiger partial charge is 0.300 e. The molecule has 76 valence electrons. The molecule has 1 unspecified atom stereocenters. The Hall–Kier alpha value is -0.760. The fourth-order valence-electron chi connectivity index (χ4n) is 1.20. The van der Waals surface area contributed by atoms with E-state index in [1.54, 1.807) is 6.92 Å². The van der Waals surface area contributed by atoms with Gasteiger partial charge in [0.15, 0.2) is 0 Å². The van der Waals surface area contributed by atoms with E-state index in [-0.39, 0.29) is 5.78 Å². The van der Waals surface area contributed by atoms with Crippen molar-refractivity contribution < 1.29 is 4.79 Å². The molecule has 0 saturated heterocycles. The first-order chi connectivity index (χ1) is 6.68. The van der Waals surface area contributed by atoms with Crippen LogP contribution >= 0.6 is 11.8 Å². The molecule has 0 radical (unpaired) electrons. The second-order valence-electron chi connectivity index (χ2n) is 3.48. The van der Waals surface area contributed by atoms with Gasteiger partial charge in [-0.3, -0.25) is 0 Å². The van der Waals surface area contributed by atoms with E-state index >= 15 is 0 Å². The predicted octanol–water partition coefficient (Wildman–Crippen LogP) is 3.54. The molecule has 1 aromatic carbocycles. The van der Waals surface area contributed by atoms with E-state index in [1.807, 2.05) is 30.0 Å². The minimum absolute atomic E-state index is 0.283. The number of benzene rings is 1. The number of thioether (sulfide) groups is 1. The van der Waals surface area contributed by atoms with Gasteiger partial charge >= 0.3 is 0 Å². The molecular formula is C12H16OS. The smallest absolute Gasteiger partial charge is 0.129 e. The second-order valence-corrected chi connectivity index (χ2v) is 4.99. The van der Waals surface area contributed by atoms with Gasteiger partial charge in [-0.1, -0.05) is 25.1 Å². The summed E-state index contributed by atoms with van der Waals surface area (Å²) in [7, 11) is 0. The lowest BCUT2D eigenvalue weighted by Crippen LogP contribution is -1.99. The Kier molecular flexibility index (Phi) is 4.74. The first kappa shape index (κ1) is 11.3. The van der Waals surface area contributed by atoms with E-state index in [1.165, 1.54) is 4.90 Å². The normalized spacial score (nSPS) is 12.4. The molecule has 0 amide bonds. The highest BCUT2D eigenvalue weighted by molar-refractivity contribution is 7.99. The van der Waals surface area contributed by atoms with Crippen LogP contribution in [0.2, 0.25) is 0 Å². The summed E-state index contributed by atoms with van der Waals surface area (Å²) in [6.45, 7) is 3.82. The Balaban J connectivity index is 2.34. The Labute approximate surface area is 89.9 Å². The Morgan fingerprint density at radius 3 is 2.57 bits per heavy atom. The summed E-state index contributed by atoms with van der Waals surface area (Å²) in [6.07, 6.45) is 1.66. The minimum Gasteiger partial charge on any atom is -0.300 e. The van der Waals surface area contributed by atoms with E-state index in [4.69, 9.17) is 0 Å². The third-order valence-electron chi connectivity index (χ3n) is 1.98. The minimum atomic E-state index is 0.283. The highest BCUT2D eigenvalue weighted by Gasteiger charge is 2.05. The van der Waals surface area contributed by atoms with Crippen LogP contribution in [0.15, 0.2) is 35.2 Å². The van der Waals surface area contributed by atoms with E-state index in [0.717, 1.165) is 6.42 Å². The number of carbonyl (C=O) groups is 1. The Bertz CT molecular complexity index is 282. The lowest BCUT2D eigenvalue weighted by Gasteiger charge is -2.09. The van der Waals surface area contributed by atoms with Crippen LogP contribution in [-0.4, -0.2) is 11.0 Å². The van der Waals surface area contributed by atoms with Gasteiger partial charge in [0.25, 0.3) is 0 Å². The highest BCUT2D eigenvalue weighted by atomic mass is 32.2. The summed E-state index contributed by atoms with van der Waals surface area (Å²) in [5.74, 6) is 0.283. The first-order valence-electron chi connectivity index (χ1n) is 4.89. The van der Waals surface area contributed by atoms with E-state index in [0.29, 0.717) is 11.7 Å². The summed E-state index contributed by atoms with van der Waals surface area (Å²) in [5.41, 5.74) is 0. The molecule has 0 saturated carbocycles. The molecule has 0 aliphatic rings. The van der Waals surface area contributed by atoms with Crippen LogP contribution in [-0.2, 0) is 4.79 Å². The predicted molar refractivity (Wildman–Crippen MR) is 61.7 cm³/mol. The highest BCUT2D eigenvalue weighted by Crippen LogP contribution is 2.25. The number of ketones is 1. The van der Waals surface area contributed by atoms with Crippen molar-refractivity contribution >= 4 is 17.5 Å². The number of carbonyl (C=O) groups excluding carboxylic acids is 1. The van der Waals surface area contributed by atoms with Gasteiger partial charge in [-0.15, -0.1) is 11.8 Å². The fourth-order valence-corrected chi connectivity index (χ4v) is 2.21. The summed E-state index contributed by atoms with van der Waals surface area (Å²) in [4.78, 5) is 12.1. The van der Waals surface area contributed by atoms with Crippen molar-refractivity contribution in [3.63, 3.8) is 0 Å². The van der Waals surface area contributed by atoms with Crippen LogP contribution in [0.5, 0.6) is 0 Å². The molecule has 1 rings (SSSR count). The average molecular weight is 208 g/mol. The molecule has 0 heterocycles. The Morgan fingerprint density at radius 1 is 1.36 bits per heavy atom. The maximum absolute atomic E-state index is 10.8. The van der Waals surface area contributed by atoms with Gasteiger partial charge in [-0.2, -0.15) is 0 Å². The maximum atomic E-state index is 10.8. The van der Waals surface area contributed by atoms with Crippen molar-refractivity contribution in [1.29, 1.82) is 0 Å². The van der Waals surface area contributed by atoms with Crippen LogP contribution in [0.1, 0.15) is 26.7 Å². The van der Waals surface area contributed by atoms with Crippen molar-refractivity contribution in [2.24, 2.45) is 0 Å². The SMILES string of the molecule is CC(=O)CCC(C)Sc1ccccc1. The van der Waals surface area contributed by atoms with Gasteiger partial charge < -0.3 is 4.79 Å². The first-order valence-corrected chi connectivity index (χ1v) is 5.77. The van der Waals surface area contributed by atoms with E-state index in [9.17, 15) is 4.79 Å². The van der Waals surface area contributed by atoms with Crippen LogP contribution in [0, 0.1) is 0 Å². The van der Waals surface area contributed by atoms with Crippen molar-refractivity contribution in [1.82, 2.24) is 0 Å². The van der Waals surface area contributed by atoms with Gasteiger partial charge in [-0.05, 0) is 25.5 Å². The standard InChI is InChI=1S/C12H16OS/c1-10(13)8-9-11(2)14-12-6-4-3-5-7-12/h3-7,11H,8-9H2,1-2H3. The van der Waals surface area contributed by atoms with Crippen LogP contribution < -0.4 is 0 Å². The van der Waals surface area contributed by atoms with Crippen molar-refractivity contribution in [2.75, 3.05) is 0 Å². The van der Waals surface area contributed by atoms with Gasteiger partial charge in [0.1, 0.15) is 5.78 Å². The number of hydrogen-bond acceptors (Lipinski definition) is 2. The molecule has 2 heteroatoms. The molecule has 0 aromatic heterocycles. The molecule has 1 aromatic rings. The monoisotopic (exact) mass is 208 g/mol. The number of Topliss-reactive ketones (excluding diaryl/α,β-unsaturated/α-hetero) is 1. The second kappa shape index (κ2) is 5.86. The maximum Gasteiger partial charge on any atom is 0.129 e. The lowest BCUT2D eigenvalue weighted by molar-refractivity contribution is -0.117. The molecule has 14 heavy (non-hydrogen) atoms. The van der Waals surface area contributed by atoms with E-state index in [2.05, 4.69) is 19.1 Å². The topological polar surface area (TPSA) is 17.1 Å². The fraction of sp³-hybridized carbons (Fsp3) is 0.417. The third-order valence-corrected chi connectivity index (χ3v) is 3.17. The van der Waals surface area contributed by atoms with Gasteiger partial charge in [-0.25, -0.2) is 0 Å². The summed E-state index contributed by atoms with van der Waals surface area (Å²) >= 11 is 1.83. The lowest BCUT2D eigenvalue weighted by atomic mass is 10.2. The zero-order chi connectivity index (χ0) is 10.4. The zero-order valence-electron chi connectivity index (χ0n) is 8.69. The number of hydrogen-bond donors (Lipinski definition) is 0. The number of rotatable bonds is 5. The molecule has 1 nitrogen and oxygen atoms in total. The molecule has 0 fully saturated rings. The van der Waals surface area contributed by atoms with Crippen molar-refractivity contribution in [2.45, 2.75) is 36.8 Å². The average Bonchev–Trinajstić information content (AvgIpc) is 2.16. The molecule has 0 aliphatic heterocycles. The summed E-state index contributed by atoms with van der Waals surface area (Å²) in [5, 5.41) is 0.515. The van der Waals surface area contributed by atoms with Crippen LogP contribution in [0.25, 0.3) is 0 Å². The van der Waals surface area contributed by atoms with Crippen LogP contribution in [0.3, 0.4) is 0 Å². The summed E-state index contributed by atoms with van der Waals surface area (Å²) in [6, 6.07) is 10.3. The molecule has 1 atom stereocenters. The molecular weight excluding hydrogens is 192 g/mol. The molecule has 0 spiro atoms. The van der Waals surface area contributed by atoms with Crippen molar-refractivity contribution in [3.8, 4) is 0 Å². The van der Waals surface area contributed by atoms with Gasteiger partial charge in [0.2, 0.25) is 0 Å². The van der Waals surface area contributed by atoms with Gasteiger partial charge in [0, 0.05) is 16.6 Å². The molecule has 0 bridgehead atoms. The third kappa shape index (κ3) is 4.47. The molecule has 0 N–H and O–H groups in total. The Morgan fingerprint density at radius 2 is 2.00 bits per heavy atom. The quantitative estimate of drug-likeness (QED) is 0.688. The zero-order valence-corrected chi connectivity index (χ0v) is 9.51. The van der Waals surface area contributed by atoms with Gasteiger partial charge in [0.05, 0.1) is 0 Å². The van der Waals surface area contributed by atoms with E-state index < -0.39 is 0 Å². The van der Waals surface area contributed by atoms with Crippen molar-refractivity contribution in [3.05, 3.63) is 30.3 Å². The molecule has 0 aliphatic carbocycles. The van der Waals surface area contributed by atoms with Crippen LogP contribution in [0.4, 0.5) is 0 Å². The summed E-state index contributed by atoms with van der Waals surface area (Å²) < 4.78 is 0.